The lowest BCUT2D eigenvalue weighted by Gasteiger charge is -2.16. The average molecular weight is 421 g/mol. The second kappa shape index (κ2) is 8.59. The molecule has 0 unspecified atom stereocenters. The first-order chi connectivity index (χ1) is 14.6. The minimum atomic E-state index is -0.242. The van der Waals surface area contributed by atoms with Gasteiger partial charge >= 0.3 is 0 Å². The highest BCUT2D eigenvalue weighted by molar-refractivity contribution is 6.32. The number of para-hydroxylation sites is 3. The molecule has 0 saturated heterocycles. The first kappa shape index (κ1) is 20.0. The second-order valence-corrected chi connectivity index (χ2v) is 7.38. The molecule has 0 saturated carbocycles. The highest BCUT2D eigenvalue weighted by Gasteiger charge is 2.24. The van der Waals surface area contributed by atoms with Crippen molar-refractivity contribution in [3.05, 3.63) is 82.9 Å². The van der Waals surface area contributed by atoms with Crippen LogP contribution in [0.5, 0.6) is 11.5 Å². The van der Waals surface area contributed by atoms with Gasteiger partial charge in [0, 0.05) is 24.2 Å². The normalized spacial score (nSPS) is 12.4. The molecule has 5 nitrogen and oxygen atoms in total. The van der Waals surface area contributed by atoms with Gasteiger partial charge in [-0.15, -0.1) is 0 Å². The molecule has 3 aromatic carbocycles. The van der Waals surface area contributed by atoms with Gasteiger partial charge in [0.1, 0.15) is 5.75 Å². The van der Waals surface area contributed by atoms with Crippen LogP contribution in [0, 0.1) is 0 Å². The summed E-state index contributed by atoms with van der Waals surface area (Å²) >= 11 is 6.19. The molecule has 1 heterocycles. The van der Waals surface area contributed by atoms with Gasteiger partial charge in [0.25, 0.3) is 5.91 Å². The van der Waals surface area contributed by atoms with E-state index in [-0.39, 0.29) is 11.8 Å². The van der Waals surface area contributed by atoms with E-state index in [1.165, 1.54) is 0 Å². The molecule has 0 atom stereocenters. The SMILES string of the molecule is CCC(=O)N1CCc2cc(C(=O)Nc3ccccc3Oc3ccccc3Cl)ccc21. The van der Waals surface area contributed by atoms with Crippen LogP contribution in [0.15, 0.2) is 66.7 Å². The van der Waals surface area contributed by atoms with Gasteiger partial charge in [-0.2, -0.15) is 0 Å². The monoisotopic (exact) mass is 420 g/mol. The van der Waals surface area contributed by atoms with Crippen molar-refractivity contribution in [1.82, 2.24) is 0 Å². The third-order valence-electron chi connectivity index (χ3n) is 5.03. The van der Waals surface area contributed by atoms with Crippen LogP contribution in [0.25, 0.3) is 0 Å². The number of ether oxygens (including phenoxy) is 1. The molecular weight excluding hydrogens is 400 g/mol. The third-order valence-corrected chi connectivity index (χ3v) is 5.34. The first-order valence-corrected chi connectivity index (χ1v) is 10.2. The number of nitrogens with one attached hydrogen (secondary N) is 1. The molecule has 30 heavy (non-hydrogen) atoms. The summed E-state index contributed by atoms with van der Waals surface area (Å²) in [4.78, 5) is 26.7. The van der Waals surface area contributed by atoms with Crippen LogP contribution in [0.3, 0.4) is 0 Å². The average Bonchev–Trinajstić information content (AvgIpc) is 3.19. The minimum Gasteiger partial charge on any atom is -0.454 e. The zero-order chi connectivity index (χ0) is 21.1. The standard InChI is InChI=1S/C24H21ClN2O3/c1-2-23(28)27-14-13-16-15-17(11-12-20(16)27)24(29)26-19-8-4-6-10-22(19)30-21-9-5-3-7-18(21)25/h3-12,15H,2,13-14H2,1H3,(H,26,29). The van der Waals surface area contributed by atoms with E-state index >= 15 is 0 Å². The topological polar surface area (TPSA) is 58.6 Å². The minimum absolute atomic E-state index is 0.0941. The van der Waals surface area contributed by atoms with Crippen LogP contribution in [0.2, 0.25) is 5.02 Å². The van der Waals surface area contributed by atoms with Gasteiger partial charge in [0.05, 0.1) is 10.7 Å². The highest BCUT2D eigenvalue weighted by Crippen LogP contribution is 2.34. The summed E-state index contributed by atoms with van der Waals surface area (Å²) in [6.07, 6.45) is 1.21. The molecule has 0 spiro atoms. The van der Waals surface area contributed by atoms with Crippen LogP contribution >= 0.6 is 11.6 Å². The van der Waals surface area contributed by atoms with Gasteiger partial charge < -0.3 is 15.0 Å². The van der Waals surface area contributed by atoms with Crippen molar-refractivity contribution < 1.29 is 14.3 Å². The molecule has 0 radical (unpaired) electrons. The van der Waals surface area contributed by atoms with Gasteiger partial charge in [-0.05, 0) is 54.4 Å². The van der Waals surface area contributed by atoms with E-state index in [0.29, 0.717) is 40.7 Å². The maximum Gasteiger partial charge on any atom is 0.255 e. The first-order valence-electron chi connectivity index (χ1n) is 9.83. The summed E-state index contributed by atoms with van der Waals surface area (Å²) < 4.78 is 5.91. The Hall–Kier alpha value is -3.31. The molecule has 0 fully saturated rings. The predicted octanol–water partition coefficient (Wildman–Crippen LogP) is 5.68. The summed E-state index contributed by atoms with van der Waals surface area (Å²) in [7, 11) is 0. The van der Waals surface area contributed by atoms with E-state index in [1.54, 1.807) is 35.2 Å². The number of nitrogens with zero attached hydrogens (tertiary/aromatic N) is 1. The Morgan fingerprint density at radius 1 is 1.03 bits per heavy atom. The molecule has 1 aliphatic heterocycles. The van der Waals surface area contributed by atoms with Crippen molar-refractivity contribution in [2.75, 3.05) is 16.8 Å². The molecule has 0 aromatic heterocycles. The van der Waals surface area contributed by atoms with E-state index in [1.807, 2.05) is 43.3 Å². The van der Waals surface area contributed by atoms with Gasteiger partial charge in [0.2, 0.25) is 5.91 Å². The molecule has 6 heteroatoms. The lowest BCUT2D eigenvalue weighted by atomic mass is 10.1. The summed E-state index contributed by atoms with van der Waals surface area (Å²) in [6, 6.07) is 19.8. The van der Waals surface area contributed by atoms with E-state index in [0.717, 1.165) is 17.7 Å². The lowest BCUT2D eigenvalue weighted by Crippen LogP contribution is -2.27. The maximum absolute atomic E-state index is 12.9. The zero-order valence-electron chi connectivity index (χ0n) is 16.5. The van der Waals surface area contributed by atoms with Gasteiger partial charge in [-0.3, -0.25) is 9.59 Å². The fourth-order valence-corrected chi connectivity index (χ4v) is 3.67. The number of hydrogen-bond donors (Lipinski definition) is 1. The molecule has 1 aliphatic rings. The molecule has 3 aromatic rings. The third kappa shape index (κ3) is 4.02. The van der Waals surface area contributed by atoms with Gasteiger partial charge in [0.15, 0.2) is 5.75 Å². The number of carbonyl (C=O) groups excluding carboxylic acids is 2. The molecule has 152 valence electrons. The summed E-state index contributed by atoms with van der Waals surface area (Å²) in [5, 5.41) is 3.40. The van der Waals surface area contributed by atoms with Crippen molar-refractivity contribution in [3.8, 4) is 11.5 Å². The van der Waals surface area contributed by atoms with Gasteiger partial charge in [-0.1, -0.05) is 42.8 Å². The molecule has 0 aliphatic carbocycles. The largest absolute Gasteiger partial charge is 0.454 e. The number of anilines is 2. The highest BCUT2D eigenvalue weighted by atomic mass is 35.5. The number of benzene rings is 3. The number of amides is 2. The quantitative estimate of drug-likeness (QED) is 0.577. The van der Waals surface area contributed by atoms with E-state index in [9.17, 15) is 9.59 Å². The molecular formula is C24H21ClN2O3. The Morgan fingerprint density at radius 3 is 2.53 bits per heavy atom. The van der Waals surface area contributed by atoms with Crippen LogP contribution in [-0.2, 0) is 11.2 Å². The lowest BCUT2D eigenvalue weighted by molar-refractivity contribution is -0.118. The zero-order valence-corrected chi connectivity index (χ0v) is 17.3. The predicted molar refractivity (Wildman–Crippen MR) is 119 cm³/mol. The summed E-state index contributed by atoms with van der Waals surface area (Å²) in [5.41, 5.74) is 2.98. The number of halogens is 1. The van der Waals surface area contributed by atoms with Crippen LogP contribution in [0.4, 0.5) is 11.4 Å². The van der Waals surface area contributed by atoms with Crippen molar-refractivity contribution in [1.29, 1.82) is 0 Å². The van der Waals surface area contributed by atoms with Crippen molar-refractivity contribution >= 4 is 34.8 Å². The number of rotatable bonds is 5. The molecule has 4 rings (SSSR count). The second-order valence-electron chi connectivity index (χ2n) is 6.98. The van der Waals surface area contributed by atoms with Crippen LogP contribution in [0.1, 0.15) is 29.3 Å². The van der Waals surface area contributed by atoms with Crippen molar-refractivity contribution in [2.24, 2.45) is 0 Å². The smallest absolute Gasteiger partial charge is 0.255 e. The fraction of sp³-hybridized carbons (Fsp3) is 0.167. The number of fused-ring (bicyclic) bond motifs is 1. The van der Waals surface area contributed by atoms with Crippen LogP contribution in [-0.4, -0.2) is 18.4 Å². The Labute approximate surface area is 180 Å². The maximum atomic E-state index is 12.9. The number of hydrogen-bond acceptors (Lipinski definition) is 3. The molecule has 0 bridgehead atoms. The Morgan fingerprint density at radius 2 is 1.77 bits per heavy atom. The van der Waals surface area contributed by atoms with Crippen LogP contribution < -0.4 is 15.0 Å². The Bertz CT molecular complexity index is 1110. The fourth-order valence-electron chi connectivity index (χ4n) is 3.49. The molecule has 1 N–H and O–H groups in total. The number of carbonyl (C=O) groups is 2. The van der Waals surface area contributed by atoms with Gasteiger partial charge in [-0.25, -0.2) is 0 Å². The van der Waals surface area contributed by atoms with Crippen molar-refractivity contribution in [3.63, 3.8) is 0 Å². The summed E-state index contributed by atoms with van der Waals surface area (Å²) in [5.74, 6) is 0.865. The molecule has 2 amide bonds. The Kier molecular flexibility index (Phi) is 5.72. The van der Waals surface area contributed by atoms with E-state index < -0.39 is 0 Å². The Balaban J connectivity index is 1.54. The van der Waals surface area contributed by atoms with E-state index in [2.05, 4.69) is 5.32 Å². The summed E-state index contributed by atoms with van der Waals surface area (Å²) in [6.45, 7) is 2.51. The van der Waals surface area contributed by atoms with Crippen molar-refractivity contribution in [2.45, 2.75) is 19.8 Å². The van der Waals surface area contributed by atoms with E-state index in [4.69, 9.17) is 16.3 Å².